The van der Waals surface area contributed by atoms with Crippen LogP contribution in [0.3, 0.4) is 0 Å². The van der Waals surface area contributed by atoms with Crippen LogP contribution in [-0.2, 0) is 0 Å². The quantitative estimate of drug-likeness (QED) is 0.767. The molecule has 0 aliphatic rings. The molecular formula is C11H13N3. The molecule has 0 fully saturated rings. The van der Waals surface area contributed by atoms with Crippen molar-refractivity contribution in [2.75, 3.05) is 18.4 Å². The first kappa shape index (κ1) is 8.97. The highest BCUT2D eigenvalue weighted by atomic mass is 14.9. The monoisotopic (exact) mass is 187 g/mol. The van der Waals surface area contributed by atoms with Crippen LogP contribution in [0, 0.1) is 0 Å². The van der Waals surface area contributed by atoms with Crippen molar-refractivity contribution < 1.29 is 0 Å². The average molecular weight is 187 g/mol. The number of aromatic nitrogens is 1. The number of hydrogen-bond donors (Lipinski definition) is 2. The van der Waals surface area contributed by atoms with Gasteiger partial charge in [0, 0.05) is 30.4 Å². The number of nitrogens with zero attached hydrogens (tertiary/aromatic N) is 1. The number of hydrogen-bond acceptors (Lipinski definition) is 3. The molecule has 14 heavy (non-hydrogen) atoms. The molecule has 0 saturated carbocycles. The second-order valence-corrected chi connectivity index (χ2v) is 3.13. The van der Waals surface area contributed by atoms with Crippen LogP contribution in [0.2, 0.25) is 0 Å². The highest BCUT2D eigenvalue weighted by Crippen LogP contribution is 2.16. The van der Waals surface area contributed by atoms with Gasteiger partial charge in [-0.05, 0) is 18.2 Å². The van der Waals surface area contributed by atoms with E-state index in [1.165, 1.54) is 0 Å². The zero-order valence-corrected chi connectivity index (χ0v) is 7.90. The lowest BCUT2D eigenvalue weighted by molar-refractivity contribution is 1.02. The molecule has 0 saturated heterocycles. The van der Waals surface area contributed by atoms with Crippen molar-refractivity contribution in [1.29, 1.82) is 0 Å². The van der Waals surface area contributed by atoms with Crippen molar-refractivity contribution >= 4 is 16.6 Å². The van der Waals surface area contributed by atoms with Crippen molar-refractivity contribution in [2.45, 2.75) is 0 Å². The van der Waals surface area contributed by atoms with Gasteiger partial charge in [-0.25, -0.2) is 0 Å². The summed E-state index contributed by atoms with van der Waals surface area (Å²) >= 11 is 0. The van der Waals surface area contributed by atoms with Gasteiger partial charge in [-0.3, -0.25) is 4.98 Å². The molecule has 2 rings (SSSR count). The normalized spacial score (nSPS) is 10.4. The second-order valence-electron chi connectivity index (χ2n) is 3.13. The Morgan fingerprint density at radius 3 is 3.07 bits per heavy atom. The third-order valence-electron chi connectivity index (χ3n) is 2.08. The van der Waals surface area contributed by atoms with Gasteiger partial charge in [0.2, 0.25) is 0 Å². The minimum Gasteiger partial charge on any atom is -0.384 e. The summed E-state index contributed by atoms with van der Waals surface area (Å²) in [6, 6.07) is 10.1. The summed E-state index contributed by atoms with van der Waals surface area (Å²) < 4.78 is 0. The fourth-order valence-corrected chi connectivity index (χ4v) is 1.39. The summed E-state index contributed by atoms with van der Waals surface area (Å²) in [5.74, 6) is 0. The number of fused-ring (bicyclic) bond motifs is 1. The number of benzene rings is 1. The smallest absolute Gasteiger partial charge is 0.0722 e. The predicted octanol–water partition coefficient (Wildman–Crippen LogP) is 1.61. The largest absolute Gasteiger partial charge is 0.384 e. The van der Waals surface area contributed by atoms with Gasteiger partial charge in [0.05, 0.1) is 5.52 Å². The molecule has 1 aromatic carbocycles. The van der Waals surface area contributed by atoms with E-state index in [0.717, 1.165) is 23.1 Å². The van der Waals surface area contributed by atoms with Gasteiger partial charge in [0.25, 0.3) is 0 Å². The summed E-state index contributed by atoms with van der Waals surface area (Å²) in [6.45, 7) is 1.43. The van der Waals surface area contributed by atoms with Crippen molar-refractivity contribution in [1.82, 2.24) is 4.98 Å². The number of anilines is 1. The van der Waals surface area contributed by atoms with Crippen molar-refractivity contribution in [2.24, 2.45) is 5.73 Å². The van der Waals surface area contributed by atoms with Gasteiger partial charge in [-0.1, -0.05) is 12.1 Å². The van der Waals surface area contributed by atoms with Gasteiger partial charge < -0.3 is 11.1 Å². The Morgan fingerprint density at radius 2 is 2.21 bits per heavy atom. The van der Waals surface area contributed by atoms with Crippen LogP contribution in [0.1, 0.15) is 0 Å². The summed E-state index contributed by atoms with van der Waals surface area (Å²) in [4.78, 5) is 4.28. The zero-order chi connectivity index (χ0) is 9.80. The van der Waals surface area contributed by atoms with Crippen LogP contribution >= 0.6 is 0 Å². The summed E-state index contributed by atoms with van der Waals surface area (Å²) in [5, 5.41) is 4.38. The predicted molar refractivity (Wildman–Crippen MR) is 59.3 cm³/mol. The Morgan fingerprint density at radius 1 is 1.29 bits per heavy atom. The molecule has 1 aromatic heterocycles. The molecule has 0 unspecified atom stereocenters. The molecule has 2 aromatic rings. The van der Waals surface area contributed by atoms with E-state index < -0.39 is 0 Å². The van der Waals surface area contributed by atoms with E-state index >= 15 is 0 Å². The fraction of sp³-hybridized carbons (Fsp3) is 0.182. The Labute approximate surface area is 83.0 Å². The van der Waals surface area contributed by atoms with Crippen molar-refractivity contribution in [3.05, 3.63) is 36.5 Å². The van der Waals surface area contributed by atoms with E-state index in [2.05, 4.69) is 22.4 Å². The van der Waals surface area contributed by atoms with Crippen LogP contribution in [0.25, 0.3) is 10.9 Å². The molecule has 0 spiro atoms. The van der Waals surface area contributed by atoms with Gasteiger partial charge in [-0.15, -0.1) is 0 Å². The molecule has 0 amide bonds. The lowest BCUT2D eigenvalue weighted by atomic mass is 10.2. The average Bonchev–Trinajstić information content (AvgIpc) is 2.26. The standard InChI is InChI=1S/C11H13N3/c12-5-7-13-10-4-3-9-2-1-6-14-11(9)8-10/h1-4,6,8,13H,5,7,12H2. The van der Waals surface area contributed by atoms with Crippen molar-refractivity contribution in [3.63, 3.8) is 0 Å². The molecule has 3 nitrogen and oxygen atoms in total. The Kier molecular flexibility index (Phi) is 2.60. The molecular weight excluding hydrogens is 174 g/mol. The number of rotatable bonds is 3. The molecule has 0 aliphatic carbocycles. The highest BCUT2D eigenvalue weighted by molar-refractivity contribution is 5.81. The summed E-state index contributed by atoms with van der Waals surface area (Å²) in [7, 11) is 0. The molecule has 1 heterocycles. The summed E-state index contributed by atoms with van der Waals surface area (Å²) in [5.41, 5.74) is 7.49. The third-order valence-corrected chi connectivity index (χ3v) is 2.08. The first-order valence-electron chi connectivity index (χ1n) is 4.69. The van der Waals surface area contributed by atoms with E-state index in [1.807, 2.05) is 18.2 Å². The molecule has 0 radical (unpaired) electrons. The van der Waals surface area contributed by atoms with Crippen LogP contribution in [0.4, 0.5) is 5.69 Å². The summed E-state index contributed by atoms with van der Waals surface area (Å²) in [6.07, 6.45) is 1.80. The van der Waals surface area contributed by atoms with Crippen molar-refractivity contribution in [3.8, 4) is 0 Å². The maximum atomic E-state index is 5.41. The van der Waals surface area contributed by atoms with Crippen LogP contribution in [0.5, 0.6) is 0 Å². The zero-order valence-electron chi connectivity index (χ0n) is 7.90. The first-order chi connectivity index (χ1) is 6.90. The van der Waals surface area contributed by atoms with E-state index in [0.29, 0.717) is 6.54 Å². The molecule has 0 aliphatic heterocycles. The maximum absolute atomic E-state index is 5.41. The Bertz CT molecular complexity index is 426. The Hall–Kier alpha value is -1.61. The van der Waals surface area contributed by atoms with Crippen LogP contribution in [-0.4, -0.2) is 18.1 Å². The topological polar surface area (TPSA) is 50.9 Å². The van der Waals surface area contributed by atoms with Gasteiger partial charge in [0.1, 0.15) is 0 Å². The second kappa shape index (κ2) is 4.07. The van der Waals surface area contributed by atoms with E-state index in [1.54, 1.807) is 6.20 Å². The minimum absolute atomic E-state index is 0.639. The number of nitrogens with two attached hydrogens (primary N) is 1. The first-order valence-corrected chi connectivity index (χ1v) is 4.69. The maximum Gasteiger partial charge on any atom is 0.0722 e. The van der Waals surface area contributed by atoms with Crippen LogP contribution < -0.4 is 11.1 Å². The molecule has 3 heteroatoms. The van der Waals surface area contributed by atoms with Gasteiger partial charge in [0.15, 0.2) is 0 Å². The van der Waals surface area contributed by atoms with Crippen LogP contribution in [0.15, 0.2) is 36.5 Å². The number of nitrogens with one attached hydrogen (secondary N) is 1. The lowest BCUT2D eigenvalue weighted by Crippen LogP contribution is -2.12. The third kappa shape index (κ3) is 1.83. The number of pyridine rings is 1. The lowest BCUT2D eigenvalue weighted by Gasteiger charge is -2.05. The highest BCUT2D eigenvalue weighted by Gasteiger charge is 1.95. The van der Waals surface area contributed by atoms with Gasteiger partial charge in [-0.2, -0.15) is 0 Å². The molecule has 3 N–H and O–H groups in total. The van der Waals surface area contributed by atoms with E-state index in [9.17, 15) is 0 Å². The SMILES string of the molecule is NCCNc1ccc2cccnc2c1. The van der Waals surface area contributed by atoms with E-state index in [-0.39, 0.29) is 0 Å². The molecule has 0 atom stereocenters. The fourth-order valence-electron chi connectivity index (χ4n) is 1.39. The van der Waals surface area contributed by atoms with E-state index in [4.69, 9.17) is 5.73 Å². The Balaban J connectivity index is 2.32. The minimum atomic E-state index is 0.639. The molecule has 0 bridgehead atoms. The molecule has 72 valence electrons. The van der Waals surface area contributed by atoms with Gasteiger partial charge >= 0.3 is 0 Å².